The van der Waals surface area contributed by atoms with Crippen LogP contribution in [-0.2, 0) is 9.59 Å². The summed E-state index contributed by atoms with van der Waals surface area (Å²) in [6, 6.07) is 3.59. The van der Waals surface area contributed by atoms with E-state index in [0.29, 0.717) is 0 Å². The highest BCUT2D eigenvalue weighted by Crippen LogP contribution is 2.58. The zero-order valence-electron chi connectivity index (χ0n) is 9.67. The molecule has 2 atom stereocenters. The molecule has 1 aliphatic carbocycles. The van der Waals surface area contributed by atoms with Gasteiger partial charge in [0, 0.05) is 0 Å². The van der Waals surface area contributed by atoms with Crippen LogP contribution in [0.1, 0.15) is 13.8 Å². The first-order valence-corrected chi connectivity index (χ1v) is 5.13. The Labute approximate surface area is 99.0 Å². The van der Waals surface area contributed by atoms with Gasteiger partial charge in [0.2, 0.25) is 5.91 Å². The van der Waals surface area contributed by atoms with Crippen molar-refractivity contribution in [1.82, 2.24) is 4.90 Å². The van der Waals surface area contributed by atoms with Crippen LogP contribution in [0.3, 0.4) is 0 Å². The number of carboxylic acids is 1. The van der Waals surface area contributed by atoms with Crippen LogP contribution in [0.15, 0.2) is 0 Å². The summed E-state index contributed by atoms with van der Waals surface area (Å²) in [5.74, 6) is -2.80. The number of carbonyl (C=O) groups is 2. The van der Waals surface area contributed by atoms with Crippen LogP contribution in [0.25, 0.3) is 0 Å². The third kappa shape index (κ3) is 2.21. The van der Waals surface area contributed by atoms with Crippen molar-refractivity contribution >= 4 is 11.9 Å². The summed E-state index contributed by atoms with van der Waals surface area (Å²) in [6.45, 7) is 3.02. The van der Waals surface area contributed by atoms with Crippen molar-refractivity contribution in [3.63, 3.8) is 0 Å². The van der Waals surface area contributed by atoms with Crippen molar-refractivity contribution in [1.29, 1.82) is 10.5 Å². The number of aliphatic carboxylic acids is 1. The lowest BCUT2D eigenvalue weighted by Gasteiger charge is -2.16. The SMILES string of the molecule is CC1(C)[C@H](C(=O)O)[C@@H]1C(=O)N(CC#N)CC#N. The molecule has 6 heteroatoms. The average Bonchev–Trinajstić information content (AvgIpc) is 2.80. The number of nitrogens with zero attached hydrogens (tertiary/aromatic N) is 3. The lowest BCUT2D eigenvalue weighted by atomic mass is 10.1. The number of amides is 1. The van der Waals surface area contributed by atoms with Gasteiger partial charge in [-0.15, -0.1) is 0 Å². The van der Waals surface area contributed by atoms with Gasteiger partial charge in [0.15, 0.2) is 0 Å². The number of hydrogen-bond acceptors (Lipinski definition) is 4. The number of rotatable bonds is 4. The molecule has 0 aromatic rings. The molecule has 1 aliphatic rings. The zero-order chi connectivity index (χ0) is 13.2. The smallest absolute Gasteiger partial charge is 0.307 e. The van der Waals surface area contributed by atoms with Crippen LogP contribution in [0.2, 0.25) is 0 Å². The first kappa shape index (κ1) is 13.0. The molecular formula is C11H13N3O3. The summed E-state index contributed by atoms with van der Waals surface area (Å²) in [4.78, 5) is 24.0. The standard InChI is InChI=1S/C11H13N3O3/c1-11(2)7(8(11)10(16)17)9(15)14(5-3-12)6-4-13/h7-8H,5-6H2,1-2H3,(H,16,17)/t7-,8+/m1/s1. The third-order valence-electron chi connectivity index (χ3n) is 3.19. The van der Waals surface area contributed by atoms with E-state index in [2.05, 4.69) is 0 Å². The van der Waals surface area contributed by atoms with E-state index < -0.39 is 29.1 Å². The Morgan fingerprint density at radius 1 is 1.24 bits per heavy atom. The van der Waals surface area contributed by atoms with Gasteiger partial charge in [-0.25, -0.2) is 0 Å². The molecule has 6 nitrogen and oxygen atoms in total. The van der Waals surface area contributed by atoms with Crippen LogP contribution in [0.5, 0.6) is 0 Å². The summed E-state index contributed by atoms with van der Waals surface area (Å²) in [5.41, 5.74) is -0.605. The van der Waals surface area contributed by atoms with Crippen molar-refractivity contribution in [3.8, 4) is 12.1 Å². The largest absolute Gasteiger partial charge is 0.481 e. The minimum Gasteiger partial charge on any atom is -0.481 e. The Morgan fingerprint density at radius 3 is 2.00 bits per heavy atom. The fraction of sp³-hybridized carbons (Fsp3) is 0.636. The molecule has 0 bridgehead atoms. The van der Waals surface area contributed by atoms with Gasteiger partial charge in [0.05, 0.1) is 24.0 Å². The predicted octanol–water partition coefficient (Wildman–Crippen LogP) is 0.219. The number of nitriles is 2. The maximum Gasteiger partial charge on any atom is 0.307 e. The van der Waals surface area contributed by atoms with Gasteiger partial charge in [0.25, 0.3) is 0 Å². The van der Waals surface area contributed by atoms with E-state index in [1.807, 2.05) is 0 Å². The van der Waals surface area contributed by atoms with E-state index in [1.165, 1.54) is 0 Å². The van der Waals surface area contributed by atoms with E-state index >= 15 is 0 Å². The summed E-state index contributed by atoms with van der Waals surface area (Å²) >= 11 is 0. The van der Waals surface area contributed by atoms with Gasteiger partial charge in [-0.3, -0.25) is 9.59 Å². The molecular weight excluding hydrogens is 222 g/mol. The topological polar surface area (TPSA) is 105 Å². The van der Waals surface area contributed by atoms with Gasteiger partial charge in [-0.05, 0) is 5.41 Å². The normalized spacial score (nSPS) is 24.2. The Bertz CT molecular complexity index is 414. The molecule has 0 saturated heterocycles. The highest BCUT2D eigenvalue weighted by atomic mass is 16.4. The lowest BCUT2D eigenvalue weighted by Crippen LogP contribution is -2.34. The van der Waals surface area contributed by atoms with Gasteiger partial charge in [0.1, 0.15) is 13.1 Å². The second-order valence-electron chi connectivity index (χ2n) is 4.63. The van der Waals surface area contributed by atoms with E-state index in [1.54, 1.807) is 26.0 Å². The molecule has 1 rings (SSSR count). The van der Waals surface area contributed by atoms with Crippen LogP contribution in [0.4, 0.5) is 0 Å². The quantitative estimate of drug-likeness (QED) is 0.701. The van der Waals surface area contributed by atoms with E-state index in [9.17, 15) is 9.59 Å². The summed E-state index contributed by atoms with van der Waals surface area (Å²) in [7, 11) is 0. The maximum atomic E-state index is 12.0. The fourth-order valence-electron chi connectivity index (χ4n) is 2.14. The van der Waals surface area contributed by atoms with Crippen LogP contribution >= 0.6 is 0 Å². The number of hydrogen-bond donors (Lipinski definition) is 1. The van der Waals surface area contributed by atoms with E-state index in [4.69, 9.17) is 15.6 Å². The monoisotopic (exact) mass is 235 g/mol. The second-order valence-corrected chi connectivity index (χ2v) is 4.63. The zero-order valence-corrected chi connectivity index (χ0v) is 9.67. The summed E-state index contributed by atoms with van der Waals surface area (Å²) in [5, 5.41) is 26.0. The first-order valence-electron chi connectivity index (χ1n) is 5.13. The minimum atomic E-state index is -1.01. The van der Waals surface area contributed by atoms with E-state index in [-0.39, 0.29) is 13.1 Å². The first-order chi connectivity index (χ1) is 7.87. The van der Waals surface area contributed by atoms with Crippen molar-refractivity contribution in [2.75, 3.05) is 13.1 Å². The van der Waals surface area contributed by atoms with Crippen LogP contribution in [0, 0.1) is 39.9 Å². The fourth-order valence-corrected chi connectivity index (χ4v) is 2.14. The van der Waals surface area contributed by atoms with Gasteiger partial charge < -0.3 is 10.0 Å². The molecule has 0 radical (unpaired) electrons. The van der Waals surface area contributed by atoms with E-state index in [0.717, 1.165) is 4.90 Å². The number of carboxylic acid groups (broad SMARTS) is 1. The Morgan fingerprint density at radius 2 is 1.71 bits per heavy atom. The molecule has 0 spiro atoms. The van der Waals surface area contributed by atoms with Crippen LogP contribution in [-0.4, -0.2) is 35.0 Å². The highest BCUT2D eigenvalue weighted by molar-refractivity contribution is 5.91. The molecule has 1 saturated carbocycles. The lowest BCUT2D eigenvalue weighted by molar-refractivity contribution is -0.141. The molecule has 0 aliphatic heterocycles. The molecule has 1 fully saturated rings. The summed E-state index contributed by atoms with van der Waals surface area (Å²) < 4.78 is 0. The van der Waals surface area contributed by atoms with Crippen molar-refractivity contribution in [2.24, 2.45) is 17.3 Å². The van der Waals surface area contributed by atoms with Crippen LogP contribution < -0.4 is 0 Å². The molecule has 17 heavy (non-hydrogen) atoms. The maximum absolute atomic E-state index is 12.0. The highest BCUT2D eigenvalue weighted by Gasteiger charge is 2.66. The molecule has 1 amide bonds. The Kier molecular flexibility index (Phi) is 3.38. The molecule has 0 heterocycles. The average molecular weight is 235 g/mol. The number of carbonyl (C=O) groups excluding carboxylic acids is 1. The van der Waals surface area contributed by atoms with Gasteiger partial charge in [-0.1, -0.05) is 13.8 Å². The Hall–Kier alpha value is -2.08. The summed E-state index contributed by atoms with van der Waals surface area (Å²) in [6.07, 6.45) is 0. The molecule has 0 aromatic carbocycles. The molecule has 0 aromatic heterocycles. The van der Waals surface area contributed by atoms with Crippen molar-refractivity contribution in [3.05, 3.63) is 0 Å². The minimum absolute atomic E-state index is 0.189. The van der Waals surface area contributed by atoms with Crippen molar-refractivity contribution in [2.45, 2.75) is 13.8 Å². The Balaban J connectivity index is 2.81. The molecule has 1 N–H and O–H groups in total. The predicted molar refractivity (Wildman–Crippen MR) is 56.2 cm³/mol. The van der Waals surface area contributed by atoms with Crippen molar-refractivity contribution < 1.29 is 14.7 Å². The second kappa shape index (κ2) is 4.42. The molecule has 0 unspecified atom stereocenters. The third-order valence-corrected chi connectivity index (χ3v) is 3.19. The van der Waals surface area contributed by atoms with Gasteiger partial charge in [-0.2, -0.15) is 10.5 Å². The van der Waals surface area contributed by atoms with Gasteiger partial charge >= 0.3 is 5.97 Å². The molecule has 90 valence electrons.